The summed E-state index contributed by atoms with van der Waals surface area (Å²) in [6, 6.07) is 39.5. The molecule has 5 rings (SSSR count). The van der Waals surface area contributed by atoms with Gasteiger partial charge in [-0.3, -0.25) is 9.59 Å². The molecular formula is C38H41NO7S. The zero-order valence-electron chi connectivity index (χ0n) is 26.4. The van der Waals surface area contributed by atoms with Gasteiger partial charge in [-0.25, -0.2) is 0 Å². The van der Waals surface area contributed by atoms with E-state index in [1.54, 1.807) is 0 Å². The molecule has 2 unspecified atom stereocenters. The molecule has 0 saturated carbocycles. The lowest BCUT2D eigenvalue weighted by Gasteiger charge is -2.45. The number of carbonyl (C=O) groups excluding carboxylic acids is 2. The summed E-state index contributed by atoms with van der Waals surface area (Å²) >= 11 is 1.53. The summed E-state index contributed by atoms with van der Waals surface area (Å²) in [4.78, 5) is 26.2. The molecule has 0 radical (unpaired) electrons. The molecule has 1 saturated heterocycles. The van der Waals surface area contributed by atoms with Gasteiger partial charge in [0.2, 0.25) is 5.91 Å². The van der Waals surface area contributed by atoms with Gasteiger partial charge in [-0.15, -0.1) is 0 Å². The molecule has 8 nitrogen and oxygen atoms in total. The lowest BCUT2D eigenvalue weighted by atomic mass is 9.98. The van der Waals surface area contributed by atoms with Gasteiger partial charge in [-0.05, 0) is 28.8 Å². The predicted octanol–water partition coefficient (Wildman–Crippen LogP) is 6.33. The van der Waals surface area contributed by atoms with Crippen molar-refractivity contribution in [2.45, 2.75) is 67.4 Å². The number of benzene rings is 4. The maximum Gasteiger partial charge on any atom is 0.306 e. The minimum atomic E-state index is -0.875. The lowest BCUT2D eigenvalue weighted by molar-refractivity contribution is -0.249. The summed E-state index contributed by atoms with van der Waals surface area (Å²) in [5, 5.41) is 2.55. The molecule has 246 valence electrons. The maximum atomic E-state index is 13.3. The number of rotatable bonds is 16. The van der Waals surface area contributed by atoms with Gasteiger partial charge < -0.3 is 29.0 Å². The van der Waals surface area contributed by atoms with Gasteiger partial charge in [0.15, 0.2) is 6.10 Å². The Hall–Kier alpha value is -3.99. The van der Waals surface area contributed by atoms with Crippen molar-refractivity contribution in [2.75, 3.05) is 13.7 Å². The molecule has 4 aromatic rings. The first-order chi connectivity index (χ1) is 23.1. The standard InChI is InChI=1S/C38H41NO7S/c1-39-33(40)22-23-34(41)46-35-32(27-42-24-28-14-6-2-7-15-28)45-38(47-31-20-12-5-13-21-31)37(44-26-30-18-10-4-11-19-30)36(35)43-25-29-16-8-3-9-17-29/h2-21,32,35-38H,22-27H2,1H3,(H,39,40)/t32?,35-,36-,37?,38-/m1/s1. The Labute approximate surface area is 280 Å². The van der Waals surface area contributed by atoms with E-state index >= 15 is 0 Å². The second kappa shape index (κ2) is 18.4. The number of nitrogens with one attached hydrogen (secondary N) is 1. The monoisotopic (exact) mass is 655 g/mol. The van der Waals surface area contributed by atoms with Crippen molar-refractivity contribution in [1.82, 2.24) is 5.32 Å². The highest BCUT2D eigenvalue weighted by atomic mass is 32.2. The van der Waals surface area contributed by atoms with Crippen LogP contribution in [-0.4, -0.2) is 55.4 Å². The smallest absolute Gasteiger partial charge is 0.306 e. The summed E-state index contributed by atoms with van der Waals surface area (Å²) in [6.07, 6.45) is -2.99. The molecule has 5 atom stereocenters. The van der Waals surface area contributed by atoms with Crippen LogP contribution in [0.1, 0.15) is 29.5 Å². The van der Waals surface area contributed by atoms with Crippen LogP contribution in [0.3, 0.4) is 0 Å². The fourth-order valence-electron chi connectivity index (χ4n) is 5.20. The first-order valence-electron chi connectivity index (χ1n) is 15.8. The molecule has 0 aliphatic carbocycles. The molecule has 1 heterocycles. The minimum absolute atomic E-state index is 0.00798. The van der Waals surface area contributed by atoms with Crippen molar-refractivity contribution in [1.29, 1.82) is 0 Å². The van der Waals surface area contributed by atoms with Gasteiger partial charge in [0.1, 0.15) is 23.7 Å². The molecule has 0 spiro atoms. The highest BCUT2D eigenvalue weighted by molar-refractivity contribution is 7.99. The third-order valence-electron chi connectivity index (χ3n) is 7.65. The van der Waals surface area contributed by atoms with Crippen LogP contribution < -0.4 is 5.32 Å². The normalized spacial score (nSPS) is 20.7. The van der Waals surface area contributed by atoms with Crippen LogP contribution in [0, 0.1) is 0 Å². The first kappa shape index (κ1) is 34.3. The molecule has 1 aliphatic heterocycles. The summed E-state index contributed by atoms with van der Waals surface area (Å²) in [5.41, 5.74) is 2.45. The second-order valence-corrected chi connectivity index (χ2v) is 12.3. The molecule has 9 heteroatoms. The van der Waals surface area contributed by atoms with E-state index in [1.807, 2.05) is 121 Å². The highest BCUT2D eigenvalue weighted by Gasteiger charge is 2.50. The maximum absolute atomic E-state index is 13.3. The molecule has 1 fully saturated rings. The Bertz CT molecular complexity index is 1490. The van der Waals surface area contributed by atoms with Crippen molar-refractivity contribution in [3.63, 3.8) is 0 Å². The second-order valence-electron chi connectivity index (χ2n) is 11.1. The zero-order valence-corrected chi connectivity index (χ0v) is 27.3. The first-order valence-corrected chi connectivity index (χ1v) is 16.7. The molecule has 0 aromatic heterocycles. The number of carbonyl (C=O) groups is 2. The van der Waals surface area contributed by atoms with Crippen LogP contribution in [0.4, 0.5) is 0 Å². The summed E-state index contributed by atoms with van der Waals surface area (Å²) in [5.74, 6) is -0.774. The predicted molar refractivity (Wildman–Crippen MR) is 180 cm³/mol. The van der Waals surface area contributed by atoms with Gasteiger partial charge in [-0.1, -0.05) is 121 Å². The van der Waals surface area contributed by atoms with Gasteiger partial charge in [-0.2, -0.15) is 0 Å². The number of hydrogen-bond donors (Lipinski definition) is 1. The van der Waals surface area contributed by atoms with Crippen LogP contribution >= 0.6 is 11.8 Å². The van der Waals surface area contributed by atoms with E-state index in [4.69, 9.17) is 23.7 Å². The van der Waals surface area contributed by atoms with Crippen molar-refractivity contribution < 1.29 is 33.3 Å². The van der Waals surface area contributed by atoms with E-state index in [0.29, 0.717) is 13.2 Å². The average molecular weight is 656 g/mol. The van der Waals surface area contributed by atoms with Crippen molar-refractivity contribution in [2.24, 2.45) is 0 Å². The van der Waals surface area contributed by atoms with Crippen LogP contribution in [0.2, 0.25) is 0 Å². The molecule has 1 amide bonds. The molecule has 1 aliphatic rings. The molecule has 1 N–H and O–H groups in total. The number of hydrogen-bond acceptors (Lipinski definition) is 8. The van der Waals surface area contributed by atoms with Crippen molar-refractivity contribution in [3.05, 3.63) is 138 Å². The van der Waals surface area contributed by atoms with E-state index in [-0.39, 0.29) is 32.0 Å². The lowest BCUT2D eigenvalue weighted by Crippen LogP contribution is -2.60. The largest absolute Gasteiger partial charge is 0.457 e. The van der Waals surface area contributed by atoms with Gasteiger partial charge in [0.25, 0.3) is 0 Å². The van der Waals surface area contributed by atoms with Gasteiger partial charge >= 0.3 is 5.97 Å². The molecular weight excluding hydrogens is 614 g/mol. The van der Waals surface area contributed by atoms with Crippen LogP contribution in [0.5, 0.6) is 0 Å². The molecule has 4 aromatic carbocycles. The topological polar surface area (TPSA) is 92.3 Å². The Morgan fingerprint density at radius 1 is 0.660 bits per heavy atom. The van der Waals surface area contributed by atoms with Crippen LogP contribution in [-0.2, 0) is 53.1 Å². The fourth-order valence-corrected chi connectivity index (χ4v) is 6.35. The number of amides is 1. The minimum Gasteiger partial charge on any atom is -0.457 e. The van der Waals surface area contributed by atoms with E-state index in [2.05, 4.69) is 5.32 Å². The Morgan fingerprint density at radius 2 is 1.17 bits per heavy atom. The van der Waals surface area contributed by atoms with Gasteiger partial charge in [0, 0.05) is 18.4 Å². The van der Waals surface area contributed by atoms with Gasteiger partial charge in [0.05, 0.1) is 32.8 Å². The van der Waals surface area contributed by atoms with E-state index in [9.17, 15) is 9.59 Å². The Morgan fingerprint density at radius 3 is 1.72 bits per heavy atom. The average Bonchev–Trinajstić information content (AvgIpc) is 3.12. The summed E-state index contributed by atoms with van der Waals surface area (Å²) in [6.45, 7) is 1.07. The van der Waals surface area contributed by atoms with E-state index in [0.717, 1.165) is 21.6 Å². The summed E-state index contributed by atoms with van der Waals surface area (Å²) < 4.78 is 32.4. The van der Waals surface area contributed by atoms with Crippen molar-refractivity contribution in [3.8, 4) is 0 Å². The highest BCUT2D eigenvalue weighted by Crippen LogP contribution is 2.38. The number of ether oxygens (including phenoxy) is 5. The quantitative estimate of drug-likeness (QED) is 0.140. The Kier molecular flexibility index (Phi) is 13.4. The third-order valence-corrected chi connectivity index (χ3v) is 8.81. The fraction of sp³-hybridized carbons (Fsp3) is 0.316. The summed E-state index contributed by atoms with van der Waals surface area (Å²) in [7, 11) is 1.54. The number of thioether (sulfide) groups is 1. The molecule has 47 heavy (non-hydrogen) atoms. The third kappa shape index (κ3) is 10.8. The SMILES string of the molecule is CNC(=O)CCC(=O)O[C@@H]1C(COCc2ccccc2)O[C@H](Sc2ccccc2)C(OCc2ccccc2)[C@@H]1OCc1ccccc1. The van der Waals surface area contributed by atoms with Crippen molar-refractivity contribution >= 4 is 23.6 Å². The Balaban J connectivity index is 1.46. The van der Waals surface area contributed by atoms with Crippen LogP contribution in [0.15, 0.2) is 126 Å². The molecule has 0 bridgehead atoms. The van der Waals surface area contributed by atoms with E-state index in [1.165, 1.54) is 18.8 Å². The number of esters is 1. The van der Waals surface area contributed by atoms with Crippen LogP contribution in [0.25, 0.3) is 0 Å². The zero-order chi connectivity index (χ0) is 32.7. The van der Waals surface area contributed by atoms with E-state index < -0.39 is 35.8 Å².